The first-order valence-corrected chi connectivity index (χ1v) is 12.2. The predicted octanol–water partition coefficient (Wildman–Crippen LogP) is 0.697. The summed E-state index contributed by atoms with van der Waals surface area (Å²) in [5, 5.41) is 42.1. The fourth-order valence-corrected chi connectivity index (χ4v) is 5.18. The van der Waals surface area contributed by atoms with Gasteiger partial charge in [-0.15, -0.1) is 0 Å². The minimum atomic E-state index is 0. The lowest BCUT2D eigenvalue weighted by molar-refractivity contribution is -0.679. The van der Waals surface area contributed by atoms with E-state index in [1.165, 1.54) is 9.80 Å². The van der Waals surface area contributed by atoms with Gasteiger partial charge in [0.2, 0.25) is 0 Å². The summed E-state index contributed by atoms with van der Waals surface area (Å²) < 4.78 is 0. The molecule has 0 atom stereocenters. The van der Waals surface area contributed by atoms with Crippen molar-refractivity contribution in [3.8, 4) is 23.0 Å². The minimum Gasteiger partial charge on any atom is -0.505 e. The maximum absolute atomic E-state index is 10.4. The lowest BCUT2D eigenvalue weighted by Crippen LogP contribution is -2.85. The van der Waals surface area contributed by atoms with Crippen LogP contribution in [-0.2, 0) is 0 Å². The van der Waals surface area contributed by atoms with Gasteiger partial charge >= 0.3 is 2.85 Å². The van der Waals surface area contributed by atoms with Crippen molar-refractivity contribution in [3.05, 3.63) is 46.6 Å². The molecule has 0 bridgehead atoms. The molecule has 1 aliphatic carbocycles. The molecule has 0 amide bonds. The number of aliphatic imine (C=N–C) groups is 1. The van der Waals surface area contributed by atoms with Crippen LogP contribution in [0.2, 0.25) is 0 Å². The van der Waals surface area contributed by atoms with Crippen LogP contribution in [0, 0.1) is 5.92 Å². The third-order valence-electron chi connectivity index (χ3n) is 7.23. The first-order valence-electron chi connectivity index (χ1n) is 12.2. The Morgan fingerprint density at radius 2 is 1.54 bits per heavy atom. The zero-order chi connectivity index (χ0) is 24.6. The van der Waals surface area contributed by atoms with Crippen LogP contribution in [0.3, 0.4) is 0 Å². The van der Waals surface area contributed by atoms with E-state index in [-0.39, 0.29) is 26.0 Å². The summed E-state index contributed by atoms with van der Waals surface area (Å²) in [5.41, 5.74) is 6.24. The van der Waals surface area contributed by atoms with Crippen molar-refractivity contribution in [2.75, 3.05) is 26.2 Å². The van der Waals surface area contributed by atoms with Crippen LogP contribution >= 0.6 is 0 Å². The Bertz CT molecular complexity index is 1510. The minimum absolute atomic E-state index is 0. The lowest BCUT2D eigenvalue weighted by Gasteiger charge is -2.09. The highest BCUT2D eigenvalue weighted by Gasteiger charge is 2.36. The predicted molar refractivity (Wildman–Crippen MR) is 135 cm³/mol. The standard InChI is InChI=1S/C14H16N2O2.C13H12N2O2/c1-7(2)12-8(3)11-13(15-12)10(17)6-9(14(11)18)16-4-5-16;16-10-6-9(15-4-5-15)13(17)11-7-2-1-3-8(7)14-12(10)11/h6-7,17-18H,3-5H2,1-2H3;3,6,16-17H,1-2,4-5H2/p+4. The molecule has 4 heterocycles. The summed E-state index contributed by atoms with van der Waals surface area (Å²) in [5.74, 6) is 1.08. The van der Waals surface area contributed by atoms with Crippen LogP contribution in [0.1, 0.15) is 35.1 Å². The Balaban J connectivity index is 0.000000164. The van der Waals surface area contributed by atoms with Gasteiger partial charge in [0.1, 0.15) is 48.7 Å². The molecule has 4 aliphatic heterocycles. The largest absolute Gasteiger partial charge is 1.00 e. The van der Waals surface area contributed by atoms with Gasteiger partial charge in [0, 0.05) is 17.7 Å². The van der Waals surface area contributed by atoms with E-state index in [1.807, 2.05) is 13.8 Å². The monoisotopic (exact) mass is 476 g/mol. The fraction of sp³-hybridized carbons (Fsp3) is 0.333. The van der Waals surface area contributed by atoms with Crippen LogP contribution in [0.4, 0.5) is 17.1 Å². The number of benzene rings is 2. The molecule has 2 aromatic rings. The van der Waals surface area contributed by atoms with Gasteiger partial charge in [-0.1, -0.05) is 26.5 Å². The highest BCUT2D eigenvalue weighted by atomic mass is 16.3. The van der Waals surface area contributed by atoms with Gasteiger partial charge < -0.3 is 20.4 Å². The third kappa shape index (κ3) is 3.44. The topological polar surface area (TPSA) is 115 Å². The number of nitrogens with one attached hydrogen (secondary N) is 2. The Hall–Kier alpha value is -3.62. The van der Waals surface area contributed by atoms with Crippen LogP contribution in [-0.4, -0.2) is 52.3 Å². The van der Waals surface area contributed by atoms with Gasteiger partial charge in [-0.2, -0.15) is 0 Å². The number of hydrogen-bond donors (Lipinski definition) is 6. The highest BCUT2D eigenvalue weighted by molar-refractivity contribution is 6.30. The van der Waals surface area contributed by atoms with E-state index in [9.17, 15) is 20.4 Å². The number of fused-ring (bicyclic) bond motifs is 3. The van der Waals surface area contributed by atoms with E-state index < -0.39 is 0 Å². The Morgan fingerprint density at radius 3 is 2.17 bits per heavy atom. The zero-order valence-electron chi connectivity index (χ0n) is 21.9. The first-order chi connectivity index (χ1) is 16.8. The van der Waals surface area contributed by atoms with Crippen LogP contribution < -0.4 is 20.4 Å². The number of allylic oxidation sites excluding steroid dienone is 3. The van der Waals surface area contributed by atoms with Crippen molar-refractivity contribution in [2.45, 2.75) is 26.7 Å². The smallest absolute Gasteiger partial charge is 0.505 e. The van der Waals surface area contributed by atoms with Crippen LogP contribution in [0.25, 0.3) is 11.1 Å². The van der Waals surface area contributed by atoms with Gasteiger partial charge in [0.15, 0.2) is 22.9 Å². The summed E-state index contributed by atoms with van der Waals surface area (Å²) >= 11 is 0. The second-order valence-electron chi connectivity index (χ2n) is 10.1. The summed E-state index contributed by atoms with van der Waals surface area (Å²) in [6, 6.07) is 3.28. The van der Waals surface area contributed by atoms with E-state index >= 15 is 0 Å². The van der Waals surface area contributed by atoms with Gasteiger partial charge in [-0.3, -0.25) is 9.80 Å². The molecule has 0 aromatic heterocycles. The number of phenolic OH excluding ortho intramolecular Hbond substituents is 4. The summed E-state index contributed by atoms with van der Waals surface area (Å²) in [6.07, 6.45) is 3.96. The second kappa shape index (κ2) is 7.69. The molecule has 8 nitrogen and oxygen atoms in total. The Kier molecular flexibility index (Phi) is 4.81. The third-order valence-corrected chi connectivity index (χ3v) is 7.23. The summed E-state index contributed by atoms with van der Waals surface area (Å²) in [6.45, 7) is 12.1. The quantitative estimate of drug-likeness (QED) is 0.222. The number of rotatable bonds is 3. The average Bonchev–Trinajstić information content (AvgIpc) is 3.72. The van der Waals surface area contributed by atoms with Gasteiger partial charge in [-0.25, -0.2) is 9.98 Å². The average molecular weight is 477 g/mol. The Morgan fingerprint density at radius 1 is 0.914 bits per heavy atom. The van der Waals surface area contributed by atoms with Crippen LogP contribution in [0.15, 0.2) is 40.5 Å². The van der Waals surface area contributed by atoms with E-state index in [0.717, 1.165) is 78.2 Å². The van der Waals surface area contributed by atoms with Crippen molar-refractivity contribution in [1.82, 2.24) is 0 Å². The molecule has 0 unspecified atom stereocenters. The molecule has 35 heavy (non-hydrogen) atoms. The van der Waals surface area contributed by atoms with E-state index in [2.05, 4.69) is 22.6 Å². The number of quaternary nitrogens is 2. The van der Waals surface area contributed by atoms with Crippen molar-refractivity contribution in [1.29, 1.82) is 0 Å². The number of phenols is 4. The molecule has 6 N–H and O–H groups in total. The van der Waals surface area contributed by atoms with Gasteiger partial charge in [0.05, 0.1) is 22.2 Å². The molecule has 8 heteroatoms. The van der Waals surface area contributed by atoms with Crippen molar-refractivity contribution in [3.63, 3.8) is 0 Å². The van der Waals surface area contributed by atoms with Crippen molar-refractivity contribution in [2.24, 2.45) is 15.9 Å². The molecule has 0 spiro atoms. The SMILES string of the molecule is C=C1C(C(C)C)=Nc2c(O)cc([NH+]3CC3)c(O)c21.Oc1cc([NH+]2CC2)c(O)c2c1=NC1=CCCC=21.[H+].[H+]. The van der Waals surface area contributed by atoms with Crippen molar-refractivity contribution >= 4 is 33.9 Å². The number of hydrogen-bond acceptors (Lipinski definition) is 6. The molecule has 180 valence electrons. The zero-order valence-corrected chi connectivity index (χ0v) is 19.9. The maximum Gasteiger partial charge on any atom is 1.00 e. The van der Waals surface area contributed by atoms with Gasteiger partial charge in [0.25, 0.3) is 0 Å². The van der Waals surface area contributed by atoms with Crippen LogP contribution in [0.5, 0.6) is 23.0 Å². The van der Waals surface area contributed by atoms with Gasteiger partial charge in [-0.05, 0) is 24.3 Å². The molecular weight excluding hydrogens is 444 g/mol. The second-order valence-corrected chi connectivity index (χ2v) is 10.1. The lowest BCUT2D eigenvalue weighted by atomic mass is 9.96. The number of nitrogens with zero attached hydrogens (tertiary/aromatic N) is 2. The fourth-order valence-electron chi connectivity index (χ4n) is 5.18. The molecule has 2 saturated heterocycles. The molecule has 0 radical (unpaired) electrons. The Labute approximate surface area is 205 Å². The van der Waals surface area contributed by atoms with E-state index in [0.29, 0.717) is 22.4 Å². The van der Waals surface area contributed by atoms with E-state index in [4.69, 9.17) is 0 Å². The van der Waals surface area contributed by atoms with Crippen molar-refractivity contribution < 1.29 is 33.1 Å². The molecule has 7 rings (SSSR count). The molecule has 5 aliphatic rings. The molecule has 2 aromatic carbocycles. The van der Waals surface area contributed by atoms with E-state index in [1.54, 1.807) is 12.1 Å². The molecule has 2 fully saturated rings. The number of aromatic hydroxyl groups is 4. The molecular formula is C27H32N4O4+4. The maximum atomic E-state index is 10.4. The first kappa shape index (κ1) is 21.9. The molecule has 0 saturated carbocycles. The summed E-state index contributed by atoms with van der Waals surface area (Å²) in [4.78, 5) is 11.2. The normalized spacial score (nSPS) is 19.5. The highest BCUT2D eigenvalue weighted by Crippen LogP contribution is 2.49. The summed E-state index contributed by atoms with van der Waals surface area (Å²) in [7, 11) is 0.